The van der Waals surface area contributed by atoms with Gasteiger partial charge in [-0.3, -0.25) is 4.79 Å². The molecule has 1 aromatic heterocycles. The maximum atomic E-state index is 12.5. The van der Waals surface area contributed by atoms with Gasteiger partial charge in [-0.2, -0.15) is 11.3 Å². The number of carbonyl (C=O) groups is 1. The van der Waals surface area contributed by atoms with Crippen LogP contribution < -0.4 is 4.74 Å². The van der Waals surface area contributed by atoms with E-state index in [-0.39, 0.29) is 5.78 Å². The van der Waals surface area contributed by atoms with E-state index in [0.717, 1.165) is 22.3 Å². The van der Waals surface area contributed by atoms with Gasteiger partial charge in [0.25, 0.3) is 0 Å². The predicted octanol–water partition coefficient (Wildman–Crippen LogP) is 4.02. The fraction of sp³-hybridized carbons (Fsp3) is 0.188. The van der Waals surface area contributed by atoms with E-state index in [1.165, 1.54) is 0 Å². The Morgan fingerprint density at radius 2 is 2.16 bits per heavy atom. The molecule has 0 saturated carbocycles. The second kappa shape index (κ2) is 4.67. The molecule has 2 nitrogen and oxygen atoms in total. The Morgan fingerprint density at radius 3 is 2.89 bits per heavy atom. The zero-order chi connectivity index (χ0) is 13.4. The Labute approximate surface area is 116 Å². The smallest absolute Gasteiger partial charge is 0.196 e. The Kier molecular flexibility index (Phi) is 2.99. The first-order chi connectivity index (χ1) is 9.15. The molecule has 0 unspecified atom stereocenters. The summed E-state index contributed by atoms with van der Waals surface area (Å²) in [5, 5.41) is 4.03. The molecule has 0 aliphatic carbocycles. The maximum Gasteiger partial charge on any atom is 0.196 e. The molecule has 19 heavy (non-hydrogen) atoms. The van der Waals surface area contributed by atoms with E-state index >= 15 is 0 Å². The molecule has 0 radical (unpaired) electrons. The van der Waals surface area contributed by atoms with Crippen molar-refractivity contribution in [2.45, 2.75) is 13.8 Å². The highest BCUT2D eigenvalue weighted by Gasteiger charge is 2.25. The van der Waals surface area contributed by atoms with E-state index in [0.29, 0.717) is 17.9 Å². The van der Waals surface area contributed by atoms with Crippen LogP contribution in [0.2, 0.25) is 0 Å². The van der Waals surface area contributed by atoms with Gasteiger partial charge in [-0.15, -0.1) is 0 Å². The second-order valence-corrected chi connectivity index (χ2v) is 5.58. The average Bonchev–Trinajstić information content (AvgIpc) is 2.85. The molecule has 0 saturated heterocycles. The molecule has 0 N–H and O–H groups in total. The fourth-order valence-corrected chi connectivity index (χ4v) is 3.00. The lowest BCUT2D eigenvalue weighted by molar-refractivity contribution is 0.1000. The number of carbonyl (C=O) groups excluding carboxylic acids is 1. The molecule has 3 rings (SSSR count). The van der Waals surface area contributed by atoms with E-state index in [4.69, 9.17) is 4.74 Å². The Morgan fingerprint density at radius 1 is 1.32 bits per heavy atom. The topological polar surface area (TPSA) is 26.3 Å². The molecular formula is C16H14O2S. The van der Waals surface area contributed by atoms with Crippen LogP contribution in [0.3, 0.4) is 0 Å². The molecule has 0 fully saturated rings. The number of hydrogen-bond donors (Lipinski definition) is 0. The zero-order valence-electron chi connectivity index (χ0n) is 10.9. The van der Waals surface area contributed by atoms with E-state index in [9.17, 15) is 4.79 Å². The highest BCUT2D eigenvalue weighted by Crippen LogP contribution is 2.31. The standard InChI is InChI=1S/C16H14O2S/c1-10-5-11(2)15-14(6-10)18-8-13(16(15)17)7-12-3-4-19-9-12/h3-7,9H,8H2,1-2H3/b13-7+. The maximum absolute atomic E-state index is 12.5. The molecule has 1 aliphatic rings. The van der Waals surface area contributed by atoms with Crippen LogP contribution in [0.5, 0.6) is 5.75 Å². The summed E-state index contributed by atoms with van der Waals surface area (Å²) in [5.74, 6) is 0.801. The largest absolute Gasteiger partial charge is 0.488 e. The van der Waals surface area contributed by atoms with Crippen molar-refractivity contribution in [2.75, 3.05) is 6.61 Å². The first kappa shape index (κ1) is 12.2. The third-order valence-electron chi connectivity index (χ3n) is 3.23. The predicted molar refractivity (Wildman–Crippen MR) is 78.0 cm³/mol. The van der Waals surface area contributed by atoms with Crippen molar-refractivity contribution in [2.24, 2.45) is 0 Å². The summed E-state index contributed by atoms with van der Waals surface area (Å²) in [5.41, 5.74) is 4.59. The first-order valence-corrected chi connectivity index (χ1v) is 7.11. The second-order valence-electron chi connectivity index (χ2n) is 4.80. The summed E-state index contributed by atoms with van der Waals surface area (Å²) >= 11 is 1.62. The average molecular weight is 270 g/mol. The molecule has 0 bridgehead atoms. The summed E-state index contributed by atoms with van der Waals surface area (Å²) in [6.45, 7) is 4.32. The third-order valence-corrected chi connectivity index (χ3v) is 3.93. The minimum atomic E-state index is 0.0879. The van der Waals surface area contributed by atoms with Crippen molar-refractivity contribution < 1.29 is 9.53 Å². The molecule has 1 aliphatic heterocycles. The van der Waals surface area contributed by atoms with E-state index in [1.807, 2.05) is 48.9 Å². The van der Waals surface area contributed by atoms with Gasteiger partial charge < -0.3 is 4.74 Å². The molecule has 3 heteroatoms. The van der Waals surface area contributed by atoms with Gasteiger partial charge >= 0.3 is 0 Å². The van der Waals surface area contributed by atoms with Gasteiger partial charge in [-0.25, -0.2) is 0 Å². The van der Waals surface area contributed by atoms with Gasteiger partial charge in [0.05, 0.1) is 5.56 Å². The van der Waals surface area contributed by atoms with Gasteiger partial charge in [0.15, 0.2) is 5.78 Å². The van der Waals surface area contributed by atoms with Gasteiger partial charge in [0.2, 0.25) is 0 Å². The van der Waals surface area contributed by atoms with Crippen LogP contribution in [0, 0.1) is 13.8 Å². The molecule has 0 atom stereocenters. The Bertz CT molecular complexity index is 666. The Hall–Kier alpha value is -1.87. The summed E-state index contributed by atoms with van der Waals surface area (Å²) < 4.78 is 5.73. The number of ketones is 1. The molecule has 1 aromatic carbocycles. The SMILES string of the molecule is Cc1cc(C)c2c(c1)OC/C(=C\c1ccsc1)C2=O. The number of fused-ring (bicyclic) bond motifs is 1. The lowest BCUT2D eigenvalue weighted by atomic mass is 9.94. The van der Waals surface area contributed by atoms with E-state index in [1.54, 1.807) is 11.3 Å². The molecule has 2 aromatic rings. The molecule has 0 amide bonds. The highest BCUT2D eigenvalue weighted by atomic mass is 32.1. The molecular weight excluding hydrogens is 256 g/mol. The fourth-order valence-electron chi connectivity index (χ4n) is 2.38. The van der Waals surface area contributed by atoms with Crippen LogP contribution in [0.4, 0.5) is 0 Å². The van der Waals surface area contributed by atoms with Crippen molar-refractivity contribution in [1.29, 1.82) is 0 Å². The van der Waals surface area contributed by atoms with E-state index < -0.39 is 0 Å². The van der Waals surface area contributed by atoms with Gasteiger partial charge in [0, 0.05) is 5.57 Å². The molecule has 2 heterocycles. The van der Waals surface area contributed by atoms with Crippen LogP contribution in [-0.2, 0) is 0 Å². The van der Waals surface area contributed by atoms with Crippen LogP contribution >= 0.6 is 11.3 Å². The normalized spacial score (nSPS) is 16.3. The van der Waals surface area contributed by atoms with Gasteiger partial charge in [-0.05, 0) is 59.5 Å². The van der Waals surface area contributed by atoms with Gasteiger partial charge in [-0.1, -0.05) is 6.07 Å². The number of benzene rings is 1. The van der Waals surface area contributed by atoms with Crippen molar-refractivity contribution in [3.05, 3.63) is 56.8 Å². The Balaban J connectivity index is 2.05. The van der Waals surface area contributed by atoms with Crippen LogP contribution in [-0.4, -0.2) is 12.4 Å². The number of thiophene rings is 1. The van der Waals surface area contributed by atoms with E-state index in [2.05, 4.69) is 0 Å². The van der Waals surface area contributed by atoms with Crippen molar-refractivity contribution in [3.8, 4) is 5.75 Å². The van der Waals surface area contributed by atoms with Gasteiger partial charge in [0.1, 0.15) is 12.4 Å². The zero-order valence-corrected chi connectivity index (χ0v) is 11.7. The van der Waals surface area contributed by atoms with Crippen molar-refractivity contribution >= 4 is 23.2 Å². The summed E-state index contributed by atoms with van der Waals surface area (Å²) in [6.07, 6.45) is 1.92. The van der Waals surface area contributed by atoms with Crippen molar-refractivity contribution in [3.63, 3.8) is 0 Å². The monoisotopic (exact) mass is 270 g/mol. The quantitative estimate of drug-likeness (QED) is 0.731. The summed E-state index contributed by atoms with van der Waals surface area (Å²) in [4.78, 5) is 12.5. The number of ether oxygens (including phenoxy) is 1. The molecule has 0 spiro atoms. The summed E-state index contributed by atoms with van der Waals surface area (Å²) in [7, 11) is 0. The number of aryl methyl sites for hydroxylation is 2. The number of hydrogen-bond acceptors (Lipinski definition) is 3. The third kappa shape index (κ3) is 2.22. The summed E-state index contributed by atoms with van der Waals surface area (Å²) in [6, 6.07) is 5.96. The minimum Gasteiger partial charge on any atom is -0.488 e. The molecule has 96 valence electrons. The van der Waals surface area contributed by atoms with Crippen molar-refractivity contribution in [1.82, 2.24) is 0 Å². The first-order valence-electron chi connectivity index (χ1n) is 6.16. The number of rotatable bonds is 1. The highest BCUT2D eigenvalue weighted by molar-refractivity contribution is 7.08. The number of Topliss-reactive ketones (excluding diaryl/α,β-unsaturated/α-hetero) is 1. The lowest BCUT2D eigenvalue weighted by Crippen LogP contribution is -2.20. The minimum absolute atomic E-state index is 0.0879. The van der Waals surface area contributed by atoms with Crippen LogP contribution in [0.1, 0.15) is 27.0 Å². The lowest BCUT2D eigenvalue weighted by Gasteiger charge is -2.21. The van der Waals surface area contributed by atoms with Crippen LogP contribution in [0.15, 0.2) is 34.5 Å². The van der Waals surface area contributed by atoms with Crippen LogP contribution in [0.25, 0.3) is 6.08 Å².